The van der Waals surface area contributed by atoms with E-state index >= 15 is 0 Å². The maximum Gasteiger partial charge on any atom is 0.169 e. The van der Waals surface area contributed by atoms with E-state index in [9.17, 15) is 8.42 Å². The molecule has 3 atom stereocenters. The van der Waals surface area contributed by atoms with E-state index < -0.39 is 9.84 Å². The molecule has 18 heavy (non-hydrogen) atoms. The lowest BCUT2D eigenvalue weighted by Gasteiger charge is -2.31. The fraction of sp³-hybridized carbons (Fsp3) is 0.667. The van der Waals surface area contributed by atoms with Crippen LogP contribution in [0.2, 0.25) is 0 Å². The summed E-state index contributed by atoms with van der Waals surface area (Å²) >= 11 is 3.25. The molecule has 1 aromatic rings. The number of furan rings is 1. The summed E-state index contributed by atoms with van der Waals surface area (Å²) < 4.78 is 29.4. The van der Waals surface area contributed by atoms with Crippen LogP contribution in [0.3, 0.4) is 0 Å². The second kappa shape index (κ2) is 5.35. The molecule has 2 N–H and O–H groups in total. The highest BCUT2D eigenvalue weighted by atomic mass is 79.9. The highest BCUT2D eigenvalue weighted by molar-refractivity contribution is 9.10. The van der Waals surface area contributed by atoms with Crippen LogP contribution in [0.5, 0.6) is 0 Å². The van der Waals surface area contributed by atoms with Crippen LogP contribution in [-0.2, 0) is 9.84 Å². The molecule has 0 radical (unpaired) electrons. The minimum absolute atomic E-state index is 0.177. The van der Waals surface area contributed by atoms with Gasteiger partial charge in [0.25, 0.3) is 0 Å². The van der Waals surface area contributed by atoms with Crippen LogP contribution in [0.4, 0.5) is 0 Å². The van der Waals surface area contributed by atoms with Crippen LogP contribution in [-0.4, -0.2) is 19.9 Å². The fourth-order valence-electron chi connectivity index (χ4n) is 2.64. The summed E-state index contributed by atoms with van der Waals surface area (Å²) in [4.78, 5) is 0. The minimum Gasteiger partial charge on any atom is -0.453 e. The Balaban J connectivity index is 2.09. The van der Waals surface area contributed by atoms with Crippen LogP contribution < -0.4 is 5.73 Å². The SMILES string of the molecule is CS(=O)(=O)C1CCCC(C(N)c2ccc(Br)o2)C1. The van der Waals surface area contributed by atoms with Crippen molar-refractivity contribution in [3.8, 4) is 0 Å². The van der Waals surface area contributed by atoms with Gasteiger partial charge in [-0.05, 0) is 53.2 Å². The molecular weight excluding hydrogens is 318 g/mol. The molecule has 102 valence electrons. The first kappa shape index (κ1) is 14.1. The standard InChI is InChI=1S/C12H18BrNO3S/c1-18(15,16)9-4-2-3-8(7-9)12(14)10-5-6-11(13)17-10/h5-6,8-9,12H,2-4,7,14H2,1H3. The zero-order chi connectivity index (χ0) is 13.3. The van der Waals surface area contributed by atoms with E-state index in [1.807, 2.05) is 12.1 Å². The van der Waals surface area contributed by atoms with Crippen molar-refractivity contribution < 1.29 is 12.8 Å². The maximum absolute atomic E-state index is 11.6. The summed E-state index contributed by atoms with van der Waals surface area (Å²) in [7, 11) is -2.96. The predicted octanol–water partition coefficient (Wildman–Crippen LogP) is 2.65. The van der Waals surface area contributed by atoms with Crippen molar-refractivity contribution in [1.82, 2.24) is 0 Å². The molecular formula is C12H18BrNO3S. The average molecular weight is 336 g/mol. The van der Waals surface area contributed by atoms with E-state index in [1.54, 1.807) is 0 Å². The van der Waals surface area contributed by atoms with Gasteiger partial charge < -0.3 is 10.2 Å². The Hall–Kier alpha value is -0.330. The van der Waals surface area contributed by atoms with Crippen LogP contribution >= 0.6 is 15.9 Å². The van der Waals surface area contributed by atoms with Gasteiger partial charge in [0.05, 0.1) is 11.3 Å². The Kier molecular flexibility index (Phi) is 4.18. The molecule has 0 aromatic carbocycles. The number of rotatable bonds is 3. The molecule has 0 bridgehead atoms. The van der Waals surface area contributed by atoms with Crippen molar-refractivity contribution >= 4 is 25.8 Å². The van der Waals surface area contributed by atoms with Gasteiger partial charge in [-0.25, -0.2) is 8.42 Å². The van der Waals surface area contributed by atoms with E-state index in [2.05, 4.69) is 15.9 Å². The quantitative estimate of drug-likeness (QED) is 0.921. The molecule has 1 aliphatic carbocycles. The van der Waals surface area contributed by atoms with E-state index in [-0.39, 0.29) is 17.2 Å². The molecule has 1 fully saturated rings. The summed E-state index contributed by atoms with van der Waals surface area (Å²) in [6.07, 6.45) is 4.58. The van der Waals surface area contributed by atoms with Gasteiger partial charge >= 0.3 is 0 Å². The molecule has 1 saturated carbocycles. The lowest BCUT2D eigenvalue weighted by Crippen LogP contribution is -2.32. The third-order valence-corrected chi connectivity index (χ3v) is 5.77. The predicted molar refractivity (Wildman–Crippen MR) is 73.9 cm³/mol. The Labute approximate surface area is 116 Å². The highest BCUT2D eigenvalue weighted by Gasteiger charge is 2.33. The smallest absolute Gasteiger partial charge is 0.169 e. The molecule has 1 aliphatic rings. The number of sulfone groups is 1. The first-order valence-electron chi connectivity index (χ1n) is 6.07. The average Bonchev–Trinajstić information content (AvgIpc) is 2.74. The Morgan fingerprint density at radius 2 is 2.17 bits per heavy atom. The van der Waals surface area contributed by atoms with Crippen LogP contribution in [0.25, 0.3) is 0 Å². The van der Waals surface area contributed by atoms with E-state index in [4.69, 9.17) is 10.2 Å². The van der Waals surface area contributed by atoms with Gasteiger partial charge in [0.1, 0.15) is 15.6 Å². The second-order valence-corrected chi connectivity index (χ2v) is 8.15. The molecule has 0 aliphatic heterocycles. The van der Waals surface area contributed by atoms with Crippen molar-refractivity contribution in [2.75, 3.05) is 6.26 Å². The largest absolute Gasteiger partial charge is 0.453 e. The zero-order valence-electron chi connectivity index (χ0n) is 10.3. The molecule has 0 amide bonds. The first-order valence-corrected chi connectivity index (χ1v) is 8.82. The van der Waals surface area contributed by atoms with Crippen molar-refractivity contribution in [2.24, 2.45) is 11.7 Å². The van der Waals surface area contributed by atoms with Gasteiger partial charge in [-0.1, -0.05) is 6.42 Å². The van der Waals surface area contributed by atoms with Crippen molar-refractivity contribution in [1.29, 1.82) is 0 Å². The van der Waals surface area contributed by atoms with Gasteiger partial charge in [0.2, 0.25) is 0 Å². The van der Waals surface area contributed by atoms with Crippen LogP contribution in [0, 0.1) is 5.92 Å². The lowest BCUT2D eigenvalue weighted by atomic mass is 9.83. The third kappa shape index (κ3) is 3.16. The lowest BCUT2D eigenvalue weighted by molar-refractivity contribution is 0.279. The molecule has 2 rings (SSSR count). The van der Waals surface area contributed by atoms with Gasteiger partial charge in [0, 0.05) is 6.26 Å². The van der Waals surface area contributed by atoms with Gasteiger partial charge in [-0.2, -0.15) is 0 Å². The number of hydrogen-bond donors (Lipinski definition) is 1. The zero-order valence-corrected chi connectivity index (χ0v) is 12.7. The number of hydrogen-bond acceptors (Lipinski definition) is 4. The molecule has 1 aromatic heterocycles. The molecule has 4 nitrogen and oxygen atoms in total. The summed E-state index contributed by atoms with van der Waals surface area (Å²) in [6, 6.07) is 3.44. The molecule has 0 spiro atoms. The molecule has 6 heteroatoms. The van der Waals surface area contributed by atoms with E-state index in [0.717, 1.165) is 25.0 Å². The minimum atomic E-state index is -2.96. The maximum atomic E-state index is 11.6. The Morgan fingerprint density at radius 1 is 1.44 bits per heavy atom. The van der Waals surface area contributed by atoms with Crippen LogP contribution in [0.1, 0.15) is 37.5 Å². The molecule has 3 unspecified atom stereocenters. The number of nitrogens with two attached hydrogens (primary N) is 1. The van der Waals surface area contributed by atoms with Crippen molar-refractivity contribution in [3.63, 3.8) is 0 Å². The van der Waals surface area contributed by atoms with E-state index in [0.29, 0.717) is 11.1 Å². The highest BCUT2D eigenvalue weighted by Crippen LogP contribution is 2.36. The molecule has 1 heterocycles. The Morgan fingerprint density at radius 3 is 2.72 bits per heavy atom. The first-order chi connectivity index (χ1) is 8.38. The van der Waals surface area contributed by atoms with Gasteiger partial charge in [-0.3, -0.25) is 0 Å². The summed E-state index contributed by atoms with van der Waals surface area (Å²) in [6.45, 7) is 0. The van der Waals surface area contributed by atoms with Crippen molar-refractivity contribution in [2.45, 2.75) is 37.0 Å². The van der Waals surface area contributed by atoms with Crippen LogP contribution in [0.15, 0.2) is 21.2 Å². The normalized spacial score (nSPS) is 27.1. The van der Waals surface area contributed by atoms with E-state index in [1.165, 1.54) is 6.26 Å². The Bertz CT molecular complexity index is 511. The number of halogens is 1. The van der Waals surface area contributed by atoms with Gasteiger partial charge in [-0.15, -0.1) is 0 Å². The monoisotopic (exact) mass is 335 g/mol. The summed E-state index contributed by atoms with van der Waals surface area (Å²) in [5, 5.41) is -0.249. The fourth-order valence-corrected chi connectivity index (χ4v) is 4.15. The second-order valence-electron chi connectivity index (χ2n) is 5.05. The third-order valence-electron chi connectivity index (χ3n) is 3.70. The van der Waals surface area contributed by atoms with Gasteiger partial charge in [0.15, 0.2) is 4.67 Å². The summed E-state index contributed by atoms with van der Waals surface area (Å²) in [5.74, 6) is 0.901. The van der Waals surface area contributed by atoms with Crippen molar-refractivity contribution in [3.05, 3.63) is 22.6 Å². The summed E-state index contributed by atoms with van der Waals surface area (Å²) in [5.41, 5.74) is 6.18. The topological polar surface area (TPSA) is 73.3 Å². The molecule has 0 saturated heterocycles.